The minimum Gasteiger partial charge on any atom is -0.349 e. The molecule has 4 N–H and O–H groups in total. The number of ketones is 2. The molecule has 0 aromatic rings. The first-order valence-corrected chi connectivity index (χ1v) is 16.2. The number of rotatable bonds is 14. The van der Waals surface area contributed by atoms with Crippen molar-refractivity contribution < 1.29 is 41.9 Å². The molecule has 1 heterocycles. The quantitative estimate of drug-likeness (QED) is 0.211. The molecule has 3 rings (SSSR count). The first-order chi connectivity index (χ1) is 21.1. The second kappa shape index (κ2) is 13.9. The van der Waals surface area contributed by atoms with E-state index < -0.39 is 78.1 Å². The van der Waals surface area contributed by atoms with Crippen molar-refractivity contribution in [2.24, 2.45) is 34.5 Å². The summed E-state index contributed by atoms with van der Waals surface area (Å²) < 4.78 is 39.4. The molecule has 5 amide bonds. The third-order valence-electron chi connectivity index (χ3n) is 9.50. The van der Waals surface area contributed by atoms with Gasteiger partial charge in [-0.25, -0.2) is 4.79 Å². The summed E-state index contributed by atoms with van der Waals surface area (Å²) in [5, 5.41) is 10.2. The van der Waals surface area contributed by atoms with E-state index in [-0.39, 0.29) is 48.0 Å². The Balaban J connectivity index is 1.83. The van der Waals surface area contributed by atoms with Gasteiger partial charge < -0.3 is 26.2 Å². The molecule has 3 aliphatic rings. The largest absolute Gasteiger partial charge is 0.389 e. The maximum absolute atomic E-state index is 14.2. The smallest absolute Gasteiger partial charge is 0.349 e. The van der Waals surface area contributed by atoms with Gasteiger partial charge in [0.15, 0.2) is 5.78 Å². The van der Waals surface area contributed by atoms with Crippen molar-refractivity contribution in [2.75, 3.05) is 13.1 Å². The van der Waals surface area contributed by atoms with Crippen molar-refractivity contribution >= 4 is 35.3 Å². The maximum Gasteiger partial charge on any atom is 0.389 e. The third kappa shape index (κ3) is 8.78. The second-order valence-electron chi connectivity index (χ2n) is 15.0. The number of nitrogens with one attached hydrogen (secondary N) is 4. The van der Waals surface area contributed by atoms with E-state index in [1.54, 1.807) is 27.7 Å². The Bertz CT molecular complexity index is 1210. The van der Waals surface area contributed by atoms with Crippen molar-refractivity contribution in [1.29, 1.82) is 0 Å². The molecule has 2 saturated carbocycles. The van der Waals surface area contributed by atoms with Crippen LogP contribution in [0.3, 0.4) is 0 Å². The number of carbonyl (C=O) groups excluding carboxylic acids is 6. The number of nitrogens with zero attached hydrogens (tertiary/aromatic N) is 1. The SMILES string of the molecule is CCCNC(=O)C(=O)C(CCC(F)(F)F)NC(=O)[C@@H]1[C@@H]2[C@H](CN1C(=O)[C@@H](NC(=O)N[C@H](C(=O)C1CC1)C(C)C)C(C)(C)C)C2(C)C. The molecule has 11 nitrogen and oxygen atoms in total. The normalized spacial score (nSPS) is 23.9. The van der Waals surface area contributed by atoms with Gasteiger partial charge in [0.2, 0.25) is 17.6 Å². The lowest BCUT2D eigenvalue weighted by molar-refractivity contribution is -0.148. The summed E-state index contributed by atoms with van der Waals surface area (Å²) in [5.74, 6) is -4.46. The van der Waals surface area contributed by atoms with Crippen LogP contribution in [0, 0.1) is 34.5 Å². The average molecular weight is 658 g/mol. The van der Waals surface area contributed by atoms with Gasteiger partial charge in [-0.1, -0.05) is 55.4 Å². The van der Waals surface area contributed by atoms with E-state index in [2.05, 4.69) is 21.3 Å². The van der Waals surface area contributed by atoms with Crippen molar-refractivity contribution in [2.45, 2.75) is 118 Å². The lowest BCUT2D eigenvalue weighted by atomic mass is 9.85. The highest BCUT2D eigenvalue weighted by atomic mass is 19.4. The van der Waals surface area contributed by atoms with Gasteiger partial charge in [0.1, 0.15) is 12.1 Å². The lowest BCUT2D eigenvalue weighted by Gasteiger charge is -2.38. The molecule has 1 aliphatic heterocycles. The summed E-state index contributed by atoms with van der Waals surface area (Å²) in [6.07, 6.45) is -4.83. The van der Waals surface area contributed by atoms with E-state index in [1.165, 1.54) is 4.90 Å². The fourth-order valence-electron chi connectivity index (χ4n) is 6.45. The number of halogens is 3. The maximum atomic E-state index is 14.2. The molecule has 0 aromatic carbocycles. The predicted octanol–water partition coefficient (Wildman–Crippen LogP) is 3.11. The Kier molecular flexibility index (Phi) is 11.3. The van der Waals surface area contributed by atoms with Crippen LogP contribution >= 0.6 is 0 Å². The van der Waals surface area contributed by atoms with Gasteiger partial charge in [-0.3, -0.25) is 24.0 Å². The van der Waals surface area contributed by atoms with Crippen LogP contribution in [0.2, 0.25) is 0 Å². The van der Waals surface area contributed by atoms with E-state index >= 15 is 0 Å². The topological polar surface area (TPSA) is 154 Å². The number of alkyl halides is 3. The predicted molar refractivity (Wildman–Crippen MR) is 163 cm³/mol. The van der Waals surface area contributed by atoms with E-state index in [4.69, 9.17) is 0 Å². The fraction of sp³-hybridized carbons (Fsp3) is 0.812. The molecule has 0 spiro atoms. The molecule has 46 heavy (non-hydrogen) atoms. The first-order valence-electron chi connectivity index (χ1n) is 16.2. The molecule has 0 aromatic heterocycles. The zero-order valence-electron chi connectivity index (χ0n) is 28.1. The van der Waals surface area contributed by atoms with Crippen LogP contribution in [-0.4, -0.2) is 83.7 Å². The molecule has 260 valence electrons. The van der Waals surface area contributed by atoms with Crippen molar-refractivity contribution in [1.82, 2.24) is 26.2 Å². The number of carbonyl (C=O) groups is 6. The van der Waals surface area contributed by atoms with Gasteiger partial charge in [0.05, 0.1) is 12.1 Å². The van der Waals surface area contributed by atoms with Gasteiger partial charge in [-0.2, -0.15) is 13.2 Å². The average Bonchev–Trinajstić information content (AvgIpc) is 3.82. The van der Waals surface area contributed by atoms with E-state index in [0.29, 0.717) is 6.42 Å². The third-order valence-corrected chi connectivity index (χ3v) is 9.50. The van der Waals surface area contributed by atoms with Crippen LogP contribution in [0.1, 0.15) is 87.5 Å². The summed E-state index contributed by atoms with van der Waals surface area (Å²) in [7, 11) is 0. The minimum absolute atomic E-state index is 0.0552. The molecular formula is C32H50F3N5O6. The van der Waals surface area contributed by atoms with Gasteiger partial charge in [0.25, 0.3) is 5.91 Å². The van der Waals surface area contributed by atoms with Crippen LogP contribution in [-0.2, 0) is 24.0 Å². The Morgan fingerprint density at radius 1 is 0.957 bits per heavy atom. The first kappa shape index (κ1) is 37.3. The van der Waals surface area contributed by atoms with Crippen LogP contribution < -0.4 is 21.3 Å². The van der Waals surface area contributed by atoms with Crippen molar-refractivity contribution in [3.05, 3.63) is 0 Å². The molecule has 1 unspecified atom stereocenters. The monoisotopic (exact) mass is 657 g/mol. The molecule has 1 saturated heterocycles. The molecular weight excluding hydrogens is 607 g/mol. The van der Waals surface area contributed by atoms with Crippen LogP contribution in [0.4, 0.5) is 18.0 Å². The molecule has 6 atom stereocenters. The highest BCUT2D eigenvalue weighted by molar-refractivity contribution is 6.38. The van der Waals surface area contributed by atoms with Crippen LogP contribution in [0.15, 0.2) is 0 Å². The zero-order valence-corrected chi connectivity index (χ0v) is 28.1. The van der Waals surface area contributed by atoms with Gasteiger partial charge in [-0.15, -0.1) is 0 Å². The molecule has 3 fully saturated rings. The highest BCUT2D eigenvalue weighted by Gasteiger charge is 2.70. The summed E-state index contributed by atoms with van der Waals surface area (Å²) >= 11 is 0. The summed E-state index contributed by atoms with van der Waals surface area (Å²) in [6, 6.07) is -5.45. The number of likely N-dealkylation sites (tertiary alicyclic amines) is 1. The second-order valence-corrected chi connectivity index (χ2v) is 15.0. The number of amides is 5. The van der Waals surface area contributed by atoms with Crippen LogP contribution in [0.5, 0.6) is 0 Å². The molecule has 2 aliphatic carbocycles. The zero-order chi connectivity index (χ0) is 34.9. The number of hydrogen-bond acceptors (Lipinski definition) is 6. The Labute approximate surface area is 268 Å². The molecule has 0 radical (unpaired) electrons. The van der Waals surface area contributed by atoms with Crippen LogP contribution in [0.25, 0.3) is 0 Å². The van der Waals surface area contributed by atoms with Gasteiger partial charge in [0, 0.05) is 25.4 Å². The van der Waals surface area contributed by atoms with Gasteiger partial charge >= 0.3 is 12.2 Å². The number of hydrogen-bond donors (Lipinski definition) is 4. The van der Waals surface area contributed by atoms with E-state index in [9.17, 15) is 41.9 Å². The van der Waals surface area contributed by atoms with Crippen molar-refractivity contribution in [3.8, 4) is 0 Å². The number of Topliss-reactive ketones (excluding diaryl/α,β-unsaturated/α-hetero) is 2. The molecule has 0 bridgehead atoms. The summed E-state index contributed by atoms with van der Waals surface area (Å²) in [4.78, 5) is 80.6. The Morgan fingerprint density at radius 3 is 2.07 bits per heavy atom. The lowest BCUT2D eigenvalue weighted by Crippen LogP contribution is -2.62. The summed E-state index contributed by atoms with van der Waals surface area (Å²) in [5.41, 5.74) is -1.20. The van der Waals surface area contributed by atoms with Crippen molar-refractivity contribution in [3.63, 3.8) is 0 Å². The number of fused-ring (bicyclic) bond motifs is 1. The highest BCUT2D eigenvalue weighted by Crippen LogP contribution is 2.65. The Hall–Kier alpha value is -3.19. The summed E-state index contributed by atoms with van der Waals surface area (Å²) in [6.45, 7) is 14.7. The van der Waals surface area contributed by atoms with Gasteiger partial charge in [-0.05, 0) is 54.3 Å². The van der Waals surface area contributed by atoms with E-state index in [0.717, 1.165) is 12.8 Å². The standard InChI is InChI=1S/C32H50F3N5O6/c1-9-14-36-27(44)24(42)19(12-13-32(33,34)35)37-26(43)22-20-18(31(20,7)8)15-40(22)28(45)25(30(4,5)6)39-29(46)38-21(16(2)3)23(41)17-10-11-17/h16-22,25H,9-15H2,1-8H3,(H,36,44)(H,37,43)(H2,38,39,46)/t18-,19?,20-,21-,22-,25+/m0/s1. The Morgan fingerprint density at radius 2 is 1.57 bits per heavy atom. The fourth-order valence-corrected chi connectivity index (χ4v) is 6.45. The number of piperidine rings is 1. The van der Waals surface area contributed by atoms with E-state index in [1.807, 2.05) is 27.7 Å². The number of urea groups is 1. The molecule has 14 heteroatoms. The minimum atomic E-state index is -4.63.